The van der Waals surface area contributed by atoms with Gasteiger partial charge in [0.1, 0.15) is 5.76 Å². The van der Waals surface area contributed by atoms with Gasteiger partial charge in [-0.15, -0.1) is 11.8 Å². The third kappa shape index (κ3) is 3.87. The van der Waals surface area contributed by atoms with Crippen LogP contribution in [0.1, 0.15) is 18.6 Å². The van der Waals surface area contributed by atoms with Gasteiger partial charge in [0.15, 0.2) is 0 Å². The minimum Gasteiger partial charge on any atom is -0.467 e. The Kier molecular flexibility index (Phi) is 5.19. The van der Waals surface area contributed by atoms with Crippen molar-refractivity contribution in [1.29, 1.82) is 0 Å². The van der Waals surface area contributed by atoms with E-state index in [1.807, 2.05) is 46.2 Å². The summed E-state index contributed by atoms with van der Waals surface area (Å²) in [6.45, 7) is 1.73. The second-order valence-electron chi connectivity index (χ2n) is 6.72. The molecule has 0 bridgehead atoms. The van der Waals surface area contributed by atoms with Gasteiger partial charge >= 0.3 is 6.03 Å². The van der Waals surface area contributed by atoms with Gasteiger partial charge in [-0.1, -0.05) is 15.9 Å². The number of amides is 3. The number of rotatable bonds is 3. The summed E-state index contributed by atoms with van der Waals surface area (Å²) in [6, 6.07) is 11.2. The fourth-order valence-corrected chi connectivity index (χ4v) is 5.18. The lowest BCUT2D eigenvalue weighted by atomic mass is 10.0. The highest BCUT2D eigenvalue weighted by atomic mass is 79.9. The number of furan rings is 1. The van der Waals surface area contributed by atoms with Crippen molar-refractivity contribution in [1.82, 2.24) is 9.80 Å². The minimum absolute atomic E-state index is 0.0981. The van der Waals surface area contributed by atoms with Crippen LogP contribution >= 0.6 is 27.7 Å². The molecule has 6 nitrogen and oxygen atoms in total. The van der Waals surface area contributed by atoms with Crippen LogP contribution in [0.4, 0.5) is 10.5 Å². The van der Waals surface area contributed by atoms with E-state index in [1.165, 1.54) is 0 Å². The van der Waals surface area contributed by atoms with E-state index in [9.17, 15) is 9.59 Å². The molecule has 1 aromatic heterocycles. The number of thioether (sulfide) groups is 1. The largest absolute Gasteiger partial charge is 0.467 e. The Morgan fingerprint density at radius 2 is 1.96 bits per heavy atom. The van der Waals surface area contributed by atoms with Crippen molar-refractivity contribution in [2.75, 3.05) is 24.2 Å². The van der Waals surface area contributed by atoms with Gasteiger partial charge in [0, 0.05) is 23.2 Å². The molecule has 142 valence electrons. The Bertz CT molecular complexity index is 817. The van der Waals surface area contributed by atoms with E-state index >= 15 is 0 Å². The molecular weight excluding hydrogens is 430 g/mol. The number of carbonyl (C=O) groups is 2. The van der Waals surface area contributed by atoms with E-state index < -0.39 is 0 Å². The summed E-state index contributed by atoms with van der Waals surface area (Å²) in [5, 5.41) is 2.94. The third-order valence-corrected chi connectivity index (χ3v) is 7.16. The van der Waals surface area contributed by atoms with Crippen molar-refractivity contribution in [3.8, 4) is 0 Å². The van der Waals surface area contributed by atoms with Crippen molar-refractivity contribution in [2.24, 2.45) is 0 Å². The molecule has 4 rings (SSSR count). The zero-order chi connectivity index (χ0) is 18.9. The summed E-state index contributed by atoms with van der Waals surface area (Å²) in [6.07, 6.45) is 3.15. The van der Waals surface area contributed by atoms with Crippen LogP contribution in [-0.4, -0.2) is 45.5 Å². The summed E-state index contributed by atoms with van der Waals surface area (Å²) in [4.78, 5) is 28.5. The first kappa shape index (κ1) is 18.4. The Hall–Kier alpha value is -1.93. The Morgan fingerprint density at radius 3 is 2.63 bits per heavy atom. The van der Waals surface area contributed by atoms with Crippen LogP contribution in [0, 0.1) is 0 Å². The Labute approximate surface area is 170 Å². The van der Waals surface area contributed by atoms with Crippen LogP contribution in [0.2, 0.25) is 0 Å². The highest BCUT2D eigenvalue weighted by Gasteiger charge is 2.48. The quantitative estimate of drug-likeness (QED) is 0.764. The number of hydrogen-bond donors (Lipinski definition) is 1. The molecule has 3 heterocycles. The molecule has 8 heteroatoms. The smallest absolute Gasteiger partial charge is 0.321 e. The van der Waals surface area contributed by atoms with Gasteiger partial charge in [-0.3, -0.25) is 4.79 Å². The SMILES string of the molecule is O=C(Nc1ccc(Br)cc1)N1CCC2(CC1)SCC(=O)N2Cc1ccco1. The first-order valence-corrected chi connectivity index (χ1v) is 10.6. The molecule has 2 saturated heterocycles. The van der Waals surface area contributed by atoms with Crippen LogP contribution in [-0.2, 0) is 11.3 Å². The predicted octanol–water partition coefficient (Wildman–Crippen LogP) is 4.14. The summed E-state index contributed by atoms with van der Waals surface area (Å²) in [5.74, 6) is 1.43. The van der Waals surface area contributed by atoms with E-state index in [0.29, 0.717) is 25.4 Å². The van der Waals surface area contributed by atoms with E-state index in [-0.39, 0.29) is 16.8 Å². The molecule has 2 aromatic rings. The fraction of sp³-hybridized carbons (Fsp3) is 0.368. The molecule has 0 atom stereocenters. The molecule has 2 aliphatic rings. The van der Waals surface area contributed by atoms with Gasteiger partial charge in [0.05, 0.1) is 23.4 Å². The van der Waals surface area contributed by atoms with Crippen LogP contribution in [0.15, 0.2) is 51.6 Å². The topological polar surface area (TPSA) is 65.8 Å². The van der Waals surface area contributed by atoms with Crippen LogP contribution < -0.4 is 5.32 Å². The number of hydrogen-bond acceptors (Lipinski definition) is 4. The highest BCUT2D eigenvalue weighted by molar-refractivity contribution is 9.10. The Morgan fingerprint density at radius 1 is 1.22 bits per heavy atom. The van der Waals surface area contributed by atoms with Gasteiger partial charge < -0.3 is 19.5 Å². The number of urea groups is 1. The van der Waals surface area contributed by atoms with E-state index in [1.54, 1.807) is 18.0 Å². The van der Waals surface area contributed by atoms with E-state index in [0.717, 1.165) is 28.8 Å². The minimum atomic E-state index is -0.238. The average Bonchev–Trinajstić information content (AvgIpc) is 3.29. The van der Waals surface area contributed by atoms with Crippen LogP contribution in [0.5, 0.6) is 0 Å². The standard InChI is InChI=1S/C19H20BrN3O3S/c20-14-3-5-15(6-4-14)21-18(25)22-9-7-19(8-10-22)23(17(24)13-27-19)12-16-2-1-11-26-16/h1-6,11H,7-10,12-13H2,(H,21,25). The predicted molar refractivity (Wildman–Crippen MR) is 108 cm³/mol. The monoisotopic (exact) mass is 449 g/mol. The molecule has 0 aliphatic carbocycles. The molecule has 3 amide bonds. The number of piperidine rings is 1. The van der Waals surface area contributed by atoms with E-state index in [2.05, 4.69) is 21.2 Å². The number of nitrogens with zero attached hydrogens (tertiary/aromatic N) is 2. The maximum absolute atomic E-state index is 12.6. The second-order valence-corrected chi connectivity index (χ2v) is 8.97. The molecule has 0 unspecified atom stereocenters. The first-order valence-electron chi connectivity index (χ1n) is 8.84. The molecule has 1 aromatic carbocycles. The lowest BCUT2D eigenvalue weighted by Gasteiger charge is -2.43. The number of likely N-dealkylation sites (tertiary alicyclic amines) is 1. The number of carbonyl (C=O) groups excluding carboxylic acids is 2. The lowest BCUT2D eigenvalue weighted by molar-refractivity contribution is -0.132. The summed E-state index contributed by atoms with van der Waals surface area (Å²) < 4.78 is 6.40. The second kappa shape index (κ2) is 7.59. The molecule has 2 fully saturated rings. The molecule has 2 aliphatic heterocycles. The summed E-state index contributed by atoms with van der Waals surface area (Å²) in [7, 11) is 0. The maximum atomic E-state index is 12.6. The average molecular weight is 450 g/mol. The highest BCUT2D eigenvalue weighted by Crippen LogP contribution is 2.45. The number of benzene rings is 1. The molecule has 0 radical (unpaired) electrons. The number of nitrogens with one attached hydrogen (secondary N) is 1. The zero-order valence-electron chi connectivity index (χ0n) is 14.7. The van der Waals surface area contributed by atoms with Gasteiger partial charge in [-0.25, -0.2) is 4.79 Å². The number of anilines is 1. The molecular formula is C19H20BrN3O3S. The van der Waals surface area contributed by atoms with Crippen molar-refractivity contribution in [3.05, 3.63) is 52.9 Å². The zero-order valence-corrected chi connectivity index (χ0v) is 17.1. The molecule has 1 N–H and O–H groups in total. The maximum Gasteiger partial charge on any atom is 0.321 e. The summed E-state index contributed by atoms with van der Waals surface area (Å²) >= 11 is 5.08. The summed E-state index contributed by atoms with van der Waals surface area (Å²) in [5.41, 5.74) is 0.772. The normalized spacial score (nSPS) is 18.9. The van der Waals surface area contributed by atoms with Crippen molar-refractivity contribution in [3.63, 3.8) is 0 Å². The van der Waals surface area contributed by atoms with Gasteiger partial charge in [0.25, 0.3) is 0 Å². The van der Waals surface area contributed by atoms with Gasteiger partial charge in [-0.05, 0) is 49.2 Å². The van der Waals surface area contributed by atoms with Gasteiger partial charge in [0.2, 0.25) is 5.91 Å². The fourth-order valence-electron chi connectivity index (χ4n) is 3.58. The van der Waals surface area contributed by atoms with Crippen molar-refractivity contribution >= 4 is 45.3 Å². The van der Waals surface area contributed by atoms with Crippen LogP contribution in [0.3, 0.4) is 0 Å². The van der Waals surface area contributed by atoms with Crippen LogP contribution in [0.25, 0.3) is 0 Å². The molecule has 1 spiro atoms. The molecule has 27 heavy (non-hydrogen) atoms. The lowest BCUT2D eigenvalue weighted by Crippen LogP contribution is -2.53. The number of halogens is 1. The van der Waals surface area contributed by atoms with Gasteiger partial charge in [-0.2, -0.15) is 0 Å². The molecule has 0 saturated carbocycles. The van der Waals surface area contributed by atoms with Crippen molar-refractivity contribution in [2.45, 2.75) is 24.3 Å². The van der Waals surface area contributed by atoms with Crippen molar-refractivity contribution < 1.29 is 14.0 Å². The third-order valence-electron chi connectivity index (χ3n) is 5.08. The Balaban J connectivity index is 1.39. The first-order chi connectivity index (χ1) is 13.1. The van der Waals surface area contributed by atoms with E-state index in [4.69, 9.17) is 4.42 Å².